The summed E-state index contributed by atoms with van der Waals surface area (Å²) in [5.41, 5.74) is 2.78. The van der Waals surface area contributed by atoms with Crippen LogP contribution >= 0.6 is 11.3 Å². The Kier molecular flexibility index (Phi) is 3.22. The van der Waals surface area contributed by atoms with Crippen molar-refractivity contribution in [1.82, 2.24) is 0 Å². The molecule has 2 heteroatoms. The molecule has 1 aliphatic carbocycles. The highest BCUT2D eigenvalue weighted by atomic mass is 32.1. The zero-order chi connectivity index (χ0) is 11.8. The summed E-state index contributed by atoms with van der Waals surface area (Å²) in [5.74, 6) is 0. The van der Waals surface area contributed by atoms with Crippen LogP contribution in [0.5, 0.6) is 0 Å². The van der Waals surface area contributed by atoms with E-state index in [0.717, 1.165) is 11.3 Å². The van der Waals surface area contributed by atoms with Crippen LogP contribution in [-0.4, -0.2) is 5.11 Å². The molecule has 1 nitrogen and oxygen atoms in total. The highest BCUT2D eigenvalue weighted by molar-refractivity contribution is 7.10. The van der Waals surface area contributed by atoms with Crippen molar-refractivity contribution in [2.75, 3.05) is 0 Å². The first-order valence-corrected chi connectivity index (χ1v) is 6.82. The standard InChI is InChI=1S/C14H20OS/c1-10-6-4-8-14(2,3)12(10)13(15)11-7-5-9-16-11/h5,7,9,13,15H,4,6,8H2,1-3H3. The number of rotatable bonds is 2. The summed E-state index contributed by atoms with van der Waals surface area (Å²) in [4.78, 5) is 1.07. The van der Waals surface area contributed by atoms with E-state index >= 15 is 0 Å². The fourth-order valence-corrected chi connectivity index (χ4v) is 3.55. The molecule has 1 heterocycles. The Labute approximate surface area is 102 Å². The lowest BCUT2D eigenvalue weighted by Gasteiger charge is -2.36. The Morgan fingerprint density at radius 1 is 1.44 bits per heavy atom. The summed E-state index contributed by atoms with van der Waals surface area (Å²) in [5, 5.41) is 12.5. The van der Waals surface area contributed by atoms with Crippen LogP contribution in [-0.2, 0) is 0 Å². The largest absolute Gasteiger partial charge is 0.383 e. The van der Waals surface area contributed by atoms with Gasteiger partial charge >= 0.3 is 0 Å². The molecule has 0 saturated heterocycles. The molecule has 0 saturated carbocycles. The van der Waals surface area contributed by atoms with Gasteiger partial charge < -0.3 is 5.11 Å². The van der Waals surface area contributed by atoms with Gasteiger partial charge in [0.2, 0.25) is 0 Å². The number of thiophene rings is 1. The summed E-state index contributed by atoms with van der Waals surface area (Å²) in [6.45, 7) is 6.68. The van der Waals surface area contributed by atoms with Crippen LogP contribution in [0.2, 0.25) is 0 Å². The van der Waals surface area contributed by atoms with Crippen LogP contribution in [0, 0.1) is 5.41 Å². The second-order valence-corrected chi connectivity index (χ2v) is 6.33. The van der Waals surface area contributed by atoms with Crippen LogP contribution < -0.4 is 0 Å². The Morgan fingerprint density at radius 2 is 2.19 bits per heavy atom. The van der Waals surface area contributed by atoms with Crippen molar-refractivity contribution in [2.24, 2.45) is 5.41 Å². The van der Waals surface area contributed by atoms with Gasteiger partial charge in [-0.25, -0.2) is 0 Å². The van der Waals surface area contributed by atoms with Gasteiger partial charge in [-0.05, 0) is 48.6 Å². The molecule has 2 rings (SSSR count). The molecule has 1 aliphatic rings. The Hall–Kier alpha value is -0.600. The van der Waals surface area contributed by atoms with Crippen LogP contribution in [0.4, 0.5) is 0 Å². The number of aliphatic hydroxyl groups is 1. The SMILES string of the molecule is CC1=C(C(O)c2cccs2)C(C)(C)CCC1. The summed E-state index contributed by atoms with van der Waals surface area (Å²) in [6, 6.07) is 4.04. The van der Waals surface area contributed by atoms with Crippen molar-refractivity contribution in [3.8, 4) is 0 Å². The minimum Gasteiger partial charge on any atom is -0.383 e. The highest BCUT2D eigenvalue weighted by Gasteiger charge is 2.33. The van der Waals surface area contributed by atoms with E-state index in [4.69, 9.17) is 0 Å². The van der Waals surface area contributed by atoms with Gasteiger partial charge in [-0.3, -0.25) is 0 Å². The van der Waals surface area contributed by atoms with E-state index in [2.05, 4.69) is 20.8 Å². The van der Waals surface area contributed by atoms with Gasteiger partial charge in [0, 0.05) is 4.88 Å². The molecule has 0 bridgehead atoms. The maximum Gasteiger partial charge on any atom is 0.110 e. The second-order valence-electron chi connectivity index (χ2n) is 5.35. The number of hydrogen-bond acceptors (Lipinski definition) is 2. The van der Waals surface area contributed by atoms with Crippen LogP contribution in [0.3, 0.4) is 0 Å². The molecule has 0 amide bonds. The summed E-state index contributed by atoms with van der Waals surface area (Å²) < 4.78 is 0. The van der Waals surface area contributed by atoms with Crippen molar-refractivity contribution >= 4 is 11.3 Å². The molecule has 0 aromatic carbocycles. The molecule has 0 fully saturated rings. The summed E-state index contributed by atoms with van der Waals surface area (Å²) >= 11 is 1.64. The number of allylic oxidation sites excluding steroid dienone is 1. The van der Waals surface area contributed by atoms with Crippen molar-refractivity contribution < 1.29 is 5.11 Å². The van der Waals surface area contributed by atoms with Gasteiger partial charge in [-0.2, -0.15) is 0 Å². The molecular weight excluding hydrogens is 216 g/mol. The first kappa shape index (κ1) is 11.9. The van der Waals surface area contributed by atoms with Gasteiger partial charge in [0.05, 0.1) is 0 Å². The third-order valence-electron chi connectivity index (χ3n) is 3.63. The van der Waals surface area contributed by atoms with E-state index in [1.54, 1.807) is 11.3 Å². The molecular formula is C14H20OS. The monoisotopic (exact) mass is 236 g/mol. The molecule has 88 valence electrons. The summed E-state index contributed by atoms with van der Waals surface area (Å²) in [7, 11) is 0. The fourth-order valence-electron chi connectivity index (χ4n) is 2.84. The van der Waals surface area contributed by atoms with Crippen LogP contribution in [0.25, 0.3) is 0 Å². The summed E-state index contributed by atoms with van der Waals surface area (Å²) in [6.07, 6.45) is 3.18. The van der Waals surface area contributed by atoms with E-state index in [9.17, 15) is 5.11 Å². The molecule has 0 aliphatic heterocycles. The third kappa shape index (κ3) is 2.09. The fraction of sp³-hybridized carbons (Fsp3) is 0.571. The van der Waals surface area contributed by atoms with E-state index < -0.39 is 6.10 Å². The van der Waals surface area contributed by atoms with Crippen molar-refractivity contribution in [1.29, 1.82) is 0 Å². The smallest absolute Gasteiger partial charge is 0.110 e. The zero-order valence-corrected chi connectivity index (χ0v) is 11.1. The minimum absolute atomic E-state index is 0.145. The predicted octanol–water partition coefficient (Wildman–Crippen LogP) is 4.31. The average Bonchev–Trinajstić information content (AvgIpc) is 2.68. The number of aliphatic hydroxyl groups excluding tert-OH is 1. The van der Waals surface area contributed by atoms with Gasteiger partial charge in [0.25, 0.3) is 0 Å². The van der Waals surface area contributed by atoms with Crippen LogP contribution in [0.15, 0.2) is 28.7 Å². The van der Waals surface area contributed by atoms with Gasteiger partial charge in [0.1, 0.15) is 6.10 Å². The maximum atomic E-state index is 10.5. The van der Waals surface area contributed by atoms with Gasteiger partial charge in [-0.1, -0.05) is 25.5 Å². The maximum absolute atomic E-state index is 10.5. The van der Waals surface area contributed by atoms with Gasteiger partial charge in [0.15, 0.2) is 0 Å². The predicted molar refractivity (Wildman–Crippen MR) is 69.6 cm³/mol. The lowest BCUT2D eigenvalue weighted by molar-refractivity contribution is 0.174. The zero-order valence-electron chi connectivity index (χ0n) is 10.3. The first-order valence-electron chi connectivity index (χ1n) is 5.94. The molecule has 0 radical (unpaired) electrons. The quantitative estimate of drug-likeness (QED) is 0.759. The molecule has 16 heavy (non-hydrogen) atoms. The topological polar surface area (TPSA) is 20.2 Å². The molecule has 1 N–H and O–H groups in total. The Balaban J connectivity index is 2.37. The van der Waals surface area contributed by atoms with E-state index in [1.165, 1.54) is 24.0 Å². The Morgan fingerprint density at radius 3 is 2.75 bits per heavy atom. The normalized spacial score (nSPS) is 22.2. The van der Waals surface area contributed by atoms with E-state index in [0.29, 0.717) is 0 Å². The third-order valence-corrected chi connectivity index (χ3v) is 4.55. The van der Waals surface area contributed by atoms with Crippen molar-refractivity contribution in [3.63, 3.8) is 0 Å². The number of hydrogen-bond donors (Lipinski definition) is 1. The lowest BCUT2D eigenvalue weighted by Crippen LogP contribution is -2.24. The van der Waals surface area contributed by atoms with E-state index in [1.807, 2.05) is 17.5 Å². The minimum atomic E-state index is -0.393. The Bertz CT molecular complexity index is 387. The molecule has 1 aromatic heterocycles. The molecule has 1 atom stereocenters. The average molecular weight is 236 g/mol. The second kappa shape index (κ2) is 4.34. The van der Waals surface area contributed by atoms with Gasteiger partial charge in [-0.15, -0.1) is 11.3 Å². The van der Waals surface area contributed by atoms with E-state index in [-0.39, 0.29) is 5.41 Å². The van der Waals surface area contributed by atoms with Crippen LogP contribution in [0.1, 0.15) is 51.0 Å². The first-order chi connectivity index (χ1) is 7.52. The highest BCUT2D eigenvalue weighted by Crippen LogP contribution is 2.46. The molecule has 0 spiro atoms. The van der Waals surface area contributed by atoms with Crippen molar-refractivity contribution in [3.05, 3.63) is 33.5 Å². The molecule has 1 aromatic rings. The van der Waals surface area contributed by atoms with Crippen molar-refractivity contribution in [2.45, 2.75) is 46.1 Å². The lowest BCUT2D eigenvalue weighted by atomic mass is 9.70. The molecule has 1 unspecified atom stereocenters.